The van der Waals surface area contributed by atoms with Crippen LogP contribution in [0.4, 0.5) is 0 Å². The van der Waals surface area contributed by atoms with Crippen LogP contribution in [-0.4, -0.2) is 5.91 Å². The highest BCUT2D eigenvalue weighted by Crippen LogP contribution is 1.83. The van der Waals surface area contributed by atoms with Crippen LogP contribution in [0.25, 0.3) is 0 Å². The summed E-state index contributed by atoms with van der Waals surface area (Å²) in [7, 11) is 0. The maximum atomic E-state index is 10.4. The molecule has 0 aromatic rings. The fourth-order valence-corrected chi connectivity index (χ4v) is 0.199. The molecule has 0 aromatic heterocycles. The molecule has 0 fully saturated rings. The molecule has 0 bridgehead atoms. The highest BCUT2D eigenvalue weighted by atomic mass is 16.1. The zero-order valence-electron chi connectivity index (χ0n) is 4.77. The van der Waals surface area contributed by atoms with Gasteiger partial charge in [0.05, 0.1) is 0 Å². The molecule has 1 N–H and O–H groups in total. The molecule has 2 nitrogen and oxygen atoms in total. The fourth-order valence-electron chi connectivity index (χ4n) is 0.199. The van der Waals surface area contributed by atoms with Gasteiger partial charge in [0.2, 0.25) is 5.91 Å². The van der Waals surface area contributed by atoms with E-state index in [0.717, 1.165) is 6.20 Å². The third kappa shape index (κ3) is 2.18. The third-order valence-electron chi connectivity index (χ3n) is 0.602. The van der Waals surface area contributed by atoms with Crippen molar-refractivity contribution in [3.63, 3.8) is 0 Å². The topological polar surface area (TPSA) is 29.1 Å². The Balaban J connectivity index is 3.65. The monoisotopic (exact) mass is 110 g/mol. The highest BCUT2D eigenvalue weighted by molar-refractivity contribution is 5.92. The molecule has 1 radical (unpaired) electrons. The molecule has 0 heterocycles. The van der Waals surface area contributed by atoms with E-state index in [1.807, 2.05) is 0 Å². The molecule has 0 rings (SSSR count). The standard InChI is InChI=1S/C6H8NO/c1-4-7-6(8)5(2)3/h1,4H,2H2,3H3,(H,7,8). The van der Waals surface area contributed by atoms with E-state index in [2.05, 4.69) is 11.9 Å². The average molecular weight is 110 g/mol. The Morgan fingerprint density at radius 3 is 2.50 bits per heavy atom. The van der Waals surface area contributed by atoms with E-state index in [-0.39, 0.29) is 5.91 Å². The van der Waals surface area contributed by atoms with Crippen molar-refractivity contribution in [1.82, 2.24) is 5.32 Å². The van der Waals surface area contributed by atoms with E-state index >= 15 is 0 Å². The largest absolute Gasteiger partial charge is 0.329 e. The van der Waals surface area contributed by atoms with E-state index < -0.39 is 0 Å². The Bertz CT molecular complexity index is 126. The van der Waals surface area contributed by atoms with Gasteiger partial charge in [0.25, 0.3) is 0 Å². The summed E-state index contributed by atoms with van der Waals surface area (Å²) in [6.45, 7) is 9.87. The van der Waals surface area contributed by atoms with Gasteiger partial charge in [-0.25, -0.2) is 0 Å². The summed E-state index contributed by atoms with van der Waals surface area (Å²) in [5, 5.41) is 2.26. The van der Waals surface area contributed by atoms with Crippen molar-refractivity contribution >= 4 is 5.91 Å². The summed E-state index contributed by atoms with van der Waals surface area (Å²) in [5.41, 5.74) is 0.451. The predicted molar refractivity (Wildman–Crippen MR) is 31.8 cm³/mol. The Kier molecular flexibility index (Phi) is 2.62. The Morgan fingerprint density at radius 2 is 2.38 bits per heavy atom. The van der Waals surface area contributed by atoms with Crippen molar-refractivity contribution in [1.29, 1.82) is 0 Å². The first kappa shape index (κ1) is 6.95. The molecular weight excluding hydrogens is 102 g/mol. The molecule has 43 valence electrons. The zero-order valence-corrected chi connectivity index (χ0v) is 4.77. The van der Waals surface area contributed by atoms with Crippen LogP contribution in [0.15, 0.2) is 18.4 Å². The number of hydrogen-bond acceptors (Lipinski definition) is 1. The lowest BCUT2D eigenvalue weighted by Gasteiger charge is -1.93. The third-order valence-corrected chi connectivity index (χ3v) is 0.602. The number of hydrogen-bond donors (Lipinski definition) is 1. The van der Waals surface area contributed by atoms with Crippen LogP contribution >= 0.6 is 0 Å². The van der Waals surface area contributed by atoms with Crippen LogP contribution in [0, 0.1) is 6.58 Å². The van der Waals surface area contributed by atoms with Crippen molar-refractivity contribution in [2.24, 2.45) is 0 Å². The van der Waals surface area contributed by atoms with Crippen LogP contribution in [0.5, 0.6) is 0 Å². The summed E-state index contributed by atoms with van der Waals surface area (Å²) in [6, 6.07) is 0. The van der Waals surface area contributed by atoms with Crippen LogP contribution in [0.2, 0.25) is 0 Å². The molecule has 0 aliphatic heterocycles. The molecule has 1 amide bonds. The first-order valence-electron chi connectivity index (χ1n) is 2.18. The number of carbonyl (C=O) groups excluding carboxylic acids is 1. The summed E-state index contributed by atoms with van der Waals surface area (Å²) >= 11 is 0. The van der Waals surface area contributed by atoms with E-state index in [9.17, 15) is 4.79 Å². The van der Waals surface area contributed by atoms with Gasteiger partial charge in [-0.1, -0.05) is 6.58 Å². The minimum absolute atomic E-state index is 0.243. The summed E-state index contributed by atoms with van der Waals surface area (Å²) < 4.78 is 0. The van der Waals surface area contributed by atoms with Crippen molar-refractivity contribution in [3.05, 3.63) is 24.9 Å². The summed E-state index contributed by atoms with van der Waals surface area (Å²) in [6.07, 6.45) is 1.08. The van der Waals surface area contributed by atoms with Gasteiger partial charge in [-0.05, 0) is 13.5 Å². The van der Waals surface area contributed by atoms with Crippen molar-refractivity contribution in [2.75, 3.05) is 0 Å². The minimum atomic E-state index is -0.243. The van der Waals surface area contributed by atoms with Gasteiger partial charge < -0.3 is 5.32 Å². The fraction of sp³-hybridized carbons (Fsp3) is 0.167. The lowest BCUT2D eigenvalue weighted by atomic mass is 10.3. The first-order chi connectivity index (χ1) is 3.68. The molecule has 0 unspecified atom stereocenters. The molecule has 0 aromatic carbocycles. The molecule has 0 aliphatic rings. The van der Waals surface area contributed by atoms with Crippen molar-refractivity contribution in [3.8, 4) is 0 Å². The maximum Gasteiger partial charge on any atom is 0.250 e. The Morgan fingerprint density at radius 1 is 1.88 bits per heavy atom. The lowest BCUT2D eigenvalue weighted by Crippen LogP contribution is -2.16. The smallest absolute Gasteiger partial charge is 0.250 e. The lowest BCUT2D eigenvalue weighted by molar-refractivity contribution is -0.116. The van der Waals surface area contributed by atoms with Crippen LogP contribution in [0.3, 0.4) is 0 Å². The number of rotatable bonds is 2. The Hall–Kier alpha value is -1.05. The predicted octanol–water partition coefficient (Wildman–Crippen LogP) is 0.625. The second kappa shape index (κ2) is 3.02. The van der Waals surface area contributed by atoms with E-state index in [1.54, 1.807) is 6.92 Å². The van der Waals surface area contributed by atoms with Crippen LogP contribution in [-0.2, 0) is 4.79 Å². The van der Waals surface area contributed by atoms with E-state index in [0.29, 0.717) is 5.57 Å². The van der Waals surface area contributed by atoms with Crippen LogP contribution in [0.1, 0.15) is 6.92 Å². The zero-order chi connectivity index (χ0) is 6.57. The molecule has 0 atom stereocenters. The van der Waals surface area contributed by atoms with Gasteiger partial charge >= 0.3 is 0 Å². The second-order valence-corrected chi connectivity index (χ2v) is 1.42. The van der Waals surface area contributed by atoms with Gasteiger partial charge in [0.1, 0.15) is 0 Å². The Labute approximate surface area is 48.9 Å². The van der Waals surface area contributed by atoms with Gasteiger partial charge in [-0.2, -0.15) is 0 Å². The second-order valence-electron chi connectivity index (χ2n) is 1.42. The number of amides is 1. The van der Waals surface area contributed by atoms with Gasteiger partial charge in [-0.3, -0.25) is 4.79 Å². The van der Waals surface area contributed by atoms with Crippen molar-refractivity contribution < 1.29 is 4.79 Å². The van der Waals surface area contributed by atoms with Crippen molar-refractivity contribution in [2.45, 2.75) is 6.92 Å². The maximum absolute atomic E-state index is 10.4. The minimum Gasteiger partial charge on any atom is -0.329 e. The highest BCUT2D eigenvalue weighted by Gasteiger charge is 1.94. The molecule has 0 saturated carbocycles. The van der Waals surface area contributed by atoms with Gasteiger partial charge in [0.15, 0.2) is 0 Å². The van der Waals surface area contributed by atoms with Gasteiger partial charge in [0, 0.05) is 11.8 Å². The molecule has 0 saturated heterocycles. The number of carbonyl (C=O) groups is 1. The molecule has 2 heteroatoms. The first-order valence-corrected chi connectivity index (χ1v) is 2.18. The number of nitrogens with one attached hydrogen (secondary N) is 1. The average Bonchev–Trinajstić information content (AvgIpc) is 1.67. The molecule has 8 heavy (non-hydrogen) atoms. The molecule has 0 spiro atoms. The van der Waals surface area contributed by atoms with E-state index in [4.69, 9.17) is 6.58 Å². The summed E-state index contributed by atoms with van der Waals surface area (Å²) in [4.78, 5) is 10.4. The van der Waals surface area contributed by atoms with E-state index in [1.165, 1.54) is 0 Å². The molecular formula is C6H8NO. The summed E-state index contributed by atoms with van der Waals surface area (Å²) in [5.74, 6) is -0.243. The van der Waals surface area contributed by atoms with Crippen LogP contribution < -0.4 is 5.32 Å². The SMILES string of the molecule is [CH]=CNC(=O)C(=C)C. The quantitative estimate of drug-likeness (QED) is 0.519. The molecule has 0 aliphatic carbocycles. The van der Waals surface area contributed by atoms with Gasteiger partial charge in [-0.15, -0.1) is 0 Å². The normalized spacial score (nSPS) is 7.62.